The smallest absolute Gasteiger partial charge is 0.191 e. The summed E-state index contributed by atoms with van der Waals surface area (Å²) in [5.74, 6) is 1.51. The van der Waals surface area contributed by atoms with E-state index in [0.717, 1.165) is 38.2 Å². The molecule has 1 aromatic rings. The third-order valence-corrected chi connectivity index (χ3v) is 6.98. The monoisotopic (exact) mass is 509 g/mol. The molecule has 27 heavy (non-hydrogen) atoms. The number of guanidine groups is 1. The van der Waals surface area contributed by atoms with Gasteiger partial charge in [0.2, 0.25) is 0 Å². The number of nitrogens with one attached hydrogen (secondary N) is 2. The van der Waals surface area contributed by atoms with Crippen LogP contribution < -0.4 is 10.6 Å². The predicted octanol–water partition coefficient (Wildman–Crippen LogP) is 1.93. The van der Waals surface area contributed by atoms with Gasteiger partial charge in [0, 0.05) is 37.8 Å². The summed E-state index contributed by atoms with van der Waals surface area (Å²) in [6.45, 7) is 7.68. The summed E-state index contributed by atoms with van der Waals surface area (Å²) in [6, 6.07) is 0.691. The molecule has 2 aliphatic rings. The van der Waals surface area contributed by atoms with Crippen LogP contribution in [0.5, 0.6) is 0 Å². The number of hydrogen-bond acceptors (Lipinski definition) is 4. The van der Waals surface area contributed by atoms with Crippen molar-refractivity contribution in [2.75, 3.05) is 24.6 Å². The number of aliphatic imine (C=N–C) groups is 1. The van der Waals surface area contributed by atoms with Gasteiger partial charge in [0.25, 0.3) is 0 Å². The van der Waals surface area contributed by atoms with Crippen LogP contribution >= 0.6 is 24.0 Å². The predicted molar refractivity (Wildman–Crippen MR) is 120 cm³/mol. The van der Waals surface area contributed by atoms with E-state index < -0.39 is 9.84 Å². The lowest BCUT2D eigenvalue weighted by Gasteiger charge is -2.24. The Bertz CT molecular complexity index is 760. The molecular formula is C18H32IN5O2S. The highest BCUT2D eigenvalue weighted by molar-refractivity contribution is 14.0. The summed E-state index contributed by atoms with van der Waals surface area (Å²) in [5, 5.41) is 11.5. The van der Waals surface area contributed by atoms with Gasteiger partial charge in [0.15, 0.2) is 15.8 Å². The van der Waals surface area contributed by atoms with Gasteiger partial charge in [0.05, 0.1) is 17.2 Å². The highest BCUT2D eigenvalue weighted by atomic mass is 127. The van der Waals surface area contributed by atoms with E-state index in [-0.39, 0.29) is 35.6 Å². The van der Waals surface area contributed by atoms with Gasteiger partial charge in [-0.15, -0.1) is 24.0 Å². The molecule has 1 saturated heterocycles. The quantitative estimate of drug-likeness (QED) is 0.360. The lowest BCUT2D eigenvalue weighted by Crippen LogP contribution is -2.46. The fourth-order valence-corrected chi connectivity index (χ4v) is 5.50. The molecule has 0 aromatic carbocycles. The van der Waals surface area contributed by atoms with Gasteiger partial charge in [-0.25, -0.2) is 8.42 Å². The number of fused-ring (bicyclic) bond motifs is 1. The Morgan fingerprint density at radius 3 is 2.81 bits per heavy atom. The summed E-state index contributed by atoms with van der Waals surface area (Å²) >= 11 is 0. The van der Waals surface area contributed by atoms with Crippen molar-refractivity contribution in [2.45, 2.75) is 58.5 Å². The van der Waals surface area contributed by atoms with Gasteiger partial charge in [0.1, 0.15) is 0 Å². The van der Waals surface area contributed by atoms with Crippen LogP contribution in [0.3, 0.4) is 0 Å². The van der Waals surface area contributed by atoms with Crippen LogP contribution in [0.4, 0.5) is 0 Å². The molecule has 2 N–H and O–H groups in total. The largest absolute Gasteiger partial charge is 0.357 e. The van der Waals surface area contributed by atoms with Crippen molar-refractivity contribution in [3.8, 4) is 0 Å². The molecular weight excluding hydrogens is 477 g/mol. The molecule has 0 radical (unpaired) electrons. The van der Waals surface area contributed by atoms with E-state index >= 15 is 0 Å². The summed E-state index contributed by atoms with van der Waals surface area (Å²) < 4.78 is 25.3. The molecule has 9 heteroatoms. The maximum atomic E-state index is 11.6. The van der Waals surface area contributed by atoms with Crippen molar-refractivity contribution in [3.05, 3.63) is 17.5 Å². The van der Waals surface area contributed by atoms with E-state index in [1.165, 1.54) is 11.3 Å². The van der Waals surface area contributed by atoms with Crippen LogP contribution in [0, 0.1) is 5.92 Å². The van der Waals surface area contributed by atoms with Gasteiger partial charge in [-0.2, -0.15) is 5.10 Å². The van der Waals surface area contributed by atoms with Crippen LogP contribution in [0.2, 0.25) is 0 Å². The van der Waals surface area contributed by atoms with E-state index in [1.807, 2.05) is 11.6 Å². The van der Waals surface area contributed by atoms with Crippen LogP contribution in [0.1, 0.15) is 50.9 Å². The van der Waals surface area contributed by atoms with E-state index in [4.69, 9.17) is 5.10 Å². The second-order valence-electron chi connectivity index (χ2n) is 7.75. The molecule has 1 aliphatic heterocycles. The molecule has 1 aromatic heterocycles. The van der Waals surface area contributed by atoms with Gasteiger partial charge in [-0.3, -0.25) is 9.67 Å². The van der Waals surface area contributed by atoms with E-state index in [1.54, 1.807) is 0 Å². The van der Waals surface area contributed by atoms with Crippen molar-refractivity contribution in [1.29, 1.82) is 0 Å². The van der Waals surface area contributed by atoms with Crippen LogP contribution in [0.15, 0.2) is 11.2 Å². The maximum absolute atomic E-state index is 11.6. The van der Waals surface area contributed by atoms with Crippen molar-refractivity contribution in [2.24, 2.45) is 10.9 Å². The second-order valence-corrected chi connectivity index (χ2v) is 9.98. The van der Waals surface area contributed by atoms with Crippen LogP contribution in [-0.4, -0.2) is 54.8 Å². The third-order valence-electron chi connectivity index (χ3n) is 5.15. The van der Waals surface area contributed by atoms with E-state index in [9.17, 15) is 8.42 Å². The summed E-state index contributed by atoms with van der Waals surface area (Å²) in [4.78, 5) is 4.65. The van der Waals surface area contributed by atoms with Crippen LogP contribution in [0.25, 0.3) is 0 Å². The average molecular weight is 509 g/mol. The first-order valence-corrected chi connectivity index (χ1v) is 11.5. The number of sulfone groups is 1. The fourth-order valence-electron chi connectivity index (χ4n) is 3.65. The molecule has 2 unspecified atom stereocenters. The Morgan fingerprint density at radius 1 is 1.41 bits per heavy atom. The van der Waals surface area contributed by atoms with Crippen molar-refractivity contribution in [1.82, 2.24) is 20.4 Å². The first kappa shape index (κ1) is 22.4. The Labute approximate surface area is 179 Å². The normalized spacial score (nSPS) is 24.4. The summed E-state index contributed by atoms with van der Waals surface area (Å²) in [5.41, 5.74) is 2.54. The molecule has 0 amide bonds. The summed E-state index contributed by atoms with van der Waals surface area (Å²) in [6.07, 6.45) is 5.89. The zero-order valence-corrected chi connectivity index (χ0v) is 19.6. The molecule has 0 spiro atoms. The topological polar surface area (TPSA) is 88.4 Å². The van der Waals surface area contributed by atoms with E-state index in [0.29, 0.717) is 24.4 Å². The Hall–Kier alpha value is -0.840. The molecule has 7 nitrogen and oxygen atoms in total. The minimum atomic E-state index is -2.84. The first-order valence-electron chi connectivity index (χ1n) is 9.68. The molecule has 154 valence electrons. The molecule has 0 saturated carbocycles. The van der Waals surface area contributed by atoms with Gasteiger partial charge >= 0.3 is 0 Å². The zero-order chi connectivity index (χ0) is 18.7. The molecule has 0 bridgehead atoms. The minimum Gasteiger partial charge on any atom is -0.357 e. The zero-order valence-electron chi connectivity index (χ0n) is 16.4. The Balaban J connectivity index is 0.00000261. The average Bonchev–Trinajstić information content (AvgIpc) is 3.15. The molecule has 2 atom stereocenters. The van der Waals surface area contributed by atoms with Crippen molar-refractivity contribution >= 4 is 39.8 Å². The summed E-state index contributed by atoms with van der Waals surface area (Å²) in [7, 11) is -2.84. The highest BCUT2D eigenvalue weighted by Crippen LogP contribution is 2.22. The highest BCUT2D eigenvalue weighted by Gasteiger charge is 2.28. The van der Waals surface area contributed by atoms with Crippen molar-refractivity contribution in [3.63, 3.8) is 0 Å². The van der Waals surface area contributed by atoms with Crippen LogP contribution in [-0.2, 0) is 22.7 Å². The minimum absolute atomic E-state index is 0. The molecule has 3 rings (SSSR count). The number of aryl methyl sites for hydroxylation is 1. The van der Waals surface area contributed by atoms with Gasteiger partial charge < -0.3 is 10.6 Å². The standard InChI is InChI=1S/C18H31N5O2S.HI/c1-4-19-18(20-10-14-7-8-26(24,25)12-14)21-16-6-5-15-11-23(13(2)3)22-17(15)9-16;/h11,13-14,16H,4-10,12H2,1-3H3,(H2,19,20,21);1H. The van der Waals surface area contributed by atoms with Gasteiger partial charge in [-0.1, -0.05) is 0 Å². The Morgan fingerprint density at radius 2 is 2.19 bits per heavy atom. The first-order chi connectivity index (χ1) is 12.4. The molecule has 1 fully saturated rings. The maximum Gasteiger partial charge on any atom is 0.191 e. The van der Waals surface area contributed by atoms with E-state index in [2.05, 4.69) is 35.7 Å². The molecule has 1 aliphatic carbocycles. The third kappa shape index (κ3) is 6.07. The lowest BCUT2D eigenvalue weighted by atomic mass is 9.94. The lowest BCUT2D eigenvalue weighted by molar-refractivity contribution is 0.498. The fraction of sp³-hybridized carbons (Fsp3) is 0.778. The second kappa shape index (κ2) is 9.58. The number of rotatable bonds is 5. The number of hydrogen-bond donors (Lipinski definition) is 2. The number of nitrogens with zero attached hydrogens (tertiary/aromatic N) is 3. The van der Waals surface area contributed by atoms with Gasteiger partial charge in [-0.05, 0) is 51.5 Å². The molecule has 2 heterocycles. The Kier molecular flexibility index (Phi) is 7.96. The number of halogens is 1. The van der Waals surface area contributed by atoms with Crippen molar-refractivity contribution < 1.29 is 8.42 Å². The SMILES string of the molecule is CCNC(=NCC1CCS(=O)(=O)C1)NC1CCc2cn(C(C)C)nc2C1.I. The number of aromatic nitrogens is 2.